The van der Waals surface area contributed by atoms with Gasteiger partial charge < -0.3 is 20.3 Å². The molecule has 0 aromatic heterocycles. The summed E-state index contributed by atoms with van der Waals surface area (Å²) in [7, 11) is 1.56. The van der Waals surface area contributed by atoms with Gasteiger partial charge in [0.1, 0.15) is 5.75 Å². The zero-order chi connectivity index (χ0) is 22.8. The fraction of sp³-hybridized carbons (Fsp3) is 0.375. The highest BCUT2D eigenvalue weighted by atomic mass is 16.5. The van der Waals surface area contributed by atoms with Crippen LogP contribution in [-0.4, -0.2) is 31.4 Å². The van der Waals surface area contributed by atoms with E-state index in [1.54, 1.807) is 36.3 Å². The van der Waals surface area contributed by atoms with Crippen molar-refractivity contribution >= 4 is 34.8 Å². The first-order chi connectivity index (χ1) is 14.6. The summed E-state index contributed by atoms with van der Waals surface area (Å²) < 4.78 is 5.39. The molecule has 1 unspecified atom stereocenters. The molecule has 0 spiro atoms. The molecule has 0 bridgehead atoms. The predicted octanol–water partition coefficient (Wildman–Crippen LogP) is 3.98. The van der Waals surface area contributed by atoms with Gasteiger partial charge in [-0.1, -0.05) is 32.9 Å². The Balaban J connectivity index is 1.70. The van der Waals surface area contributed by atoms with E-state index in [2.05, 4.69) is 10.6 Å². The van der Waals surface area contributed by atoms with E-state index in [4.69, 9.17) is 4.74 Å². The number of rotatable bonds is 5. The first-order valence-electron chi connectivity index (χ1n) is 10.3. The average molecular weight is 424 g/mol. The van der Waals surface area contributed by atoms with Crippen molar-refractivity contribution in [2.75, 3.05) is 29.2 Å². The van der Waals surface area contributed by atoms with Gasteiger partial charge in [0.15, 0.2) is 0 Å². The summed E-state index contributed by atoms with van der Waals surface area (Å²) >= 11 is 0. The zero-order valence-electron chi connectivity index (χ0n) is 18.6. The fourth-order valence-corrected chi connectivity index (χ4v) is 3.36. The van der Waals surface area contributed by atoms with Crippen molar-refractivity contribution in [1.29, 1.82) is 0 Å². The lowest BCUT2D eigenvalue weighted by atomic mass is 9.95. The molecular formula is C24H29N3O4. The largest absolute Gasteiger partial charge is 0.495 e. The second-order valence-electron chi connectivity index (χ2n) is 8.85. The van der Waals surface area contributed by atoms with Crippen LogP contribution in [0.1, 0.15) is 32.8 Å². The third kappa shape index (κ3) is 5.23. The summed E-state index contributed by atoms with van der Waals surface area (Å²) in [5, 5.41) is 5.72. The molecule has 1 saturated heterocycles. The molecule has 3 rings (SSSR count). The highest BCUT2D eigenvalue weighted by molar-refractivity contribution is 6.04. The van der Waals surface area contributed by atoms with E-state index in [1.165, 1.54) is 0 Å². The number of anilines is 3. The molecule has 2 aromatic carbocycles. The number of hydrogen-bond donors (Lipinski definition) is 2. The summed E-state index contributed by atoms with van der Waals surface area (Å²) in [4.78, 5) is 39.3. The summed E-state index contributed by atoms with van der Waals surface area (Å²) in [6.45, 7) is 7.73. The second-order valence-corrected chi connectivity index (χ2v) is 8.85. The Morgan fingerprint density at radius 3 is 2.39 bits per heavy atom. The van der Waals surface area contributed by atoms with E-state index >= 15 is 0 Å². The van der Waals surface area contributed by atoms with Gasteiger partial charge in [-0.2, -0.15) is 0 Å². The van der Waals surface area contributed by atoms with Crippen LogP contribution in [0.3, 0.4) is 0 Å². The summed E-state index contributed by atoms with van der Waals surface area (Å²) in [6, 6.07) is 12.6. The maximum absolute atomic E-state index is 12.8. The van der Waals surface area contributed by atoms with Crippen molar-refractivity contribution in [3.8, 4) is 5.75 Å². The molecule has 1 aliphatic heterocycles. The fourth-order valence-electron chi connectivity index (χ4n) is 3.36. The molecule has 1 heterocycles. The lowest BCUT2D eigenvalue weighted by Gasteiger charge is -2.20. The monoisotopic (exact) mass is 423 g/mol. The number of nitrogens with one attached hydrogen (secondary N) is 2. The van der Waals surface area contributed by atoms with Crippen molar-refractivity contribution in [3.05, 3.63) is 48.0 Å². The molecule has 1 aliphatic rings. The maximum atomic E-state index is 12.8. The highest BCUT2D eigenvalue weighted by Crippen LogP contribution is 2.34. The molecule has 1 fully saturated rings. The zero-order valence-corrected chi connectivity index (χ0v) is 18.6. The first kappa shape index (κ1) is 22.3. The third-order valence-electron chi connectivity index (χ3n) is 5.19. The molecular weight excluding hydrogens is 394 g/mol. The molecule has 1 atom stereocenters. The molecule has 2 aromatic rings. The van der Waals surface area contributed by atoms with E-state index in [9.17, 15) is 14.4 Å². The number of carbonyl (C=O) groups is 3. The van der Waals surface area contributed by atoms with Gasteiger partial charge in [0.05, 0.1) is 18.7 Å². The molecule has 3 amide bonds. The van der Waals surface area contributed by atoms with E-state index < -0.39 is 11.3 Å². The molecule has 7 nitrogen and oxygen atoms in total. The van der Waals surface area contributed by atoms with Gasteiger partial charge in [-0.05, 0) is 42.8 Å². The van der Waals surface area contributed by atoms with Gasteiger partial charge in [0.2, 0.25) is 17.7 Å². The van der Waals surface area contributed by atoms with Crippen LogP contribution < -0.4 is 20.3 Å². The molecule has 0 radical (unpaired) electrons. The van der Waals surface area contributed by atoms with E-state index in [1.807, 2.05) is 45.9 Å². The van der Waals surface area contributed by atoms with Crippen LogP contribution >= 0.6 is 0 Å². The normalized spacial score (nSPS) is 16.2. The lowest BCUT2D eigenvalue weighted by molar-refractivity contribution is -0.123. The minimum atomic E-state index is -0.524. The lowest BCUT2D eigenvalue weighted by Crippen LogP contribution is -2.29. The van der Waals surface area contributed by atoms with Gasteiger partial charge in [0, 0.05) is 29.8 Å². The molecule has 7 heteroatoms. The quantitative estimate of drug-likeness (QED) is 0.761. The molecule has 164 valence electrons. The van der Waals surface area contributed by atoms with Crippen LogP contribution in [0.4, 0.5) is 17.1 Å². The topological polar surface area (TPSA) is 87.7 Å². The van der Waals surface area contributed by atoms with Crippen LogP contribution in [0.5, 0.6) is 5.75 Å². The van der Waals surface area contributed by atoms with Crippen LogP contribution in [0.2, 0.25) is 0 Å². The number of aryl methyl sites for hydroxylation is 1. The van der Waals surface area contributed by atoms with Gasteiger partial charge in [-0.15, -0.1) is 0 Å². The van der Waals surface area contributed by atoms with Crippen LogP contribution in [0.15, 0.2) is 42.5 Å². The van der Waals surface area contributed by atoms with Crippen molar-refractivity contribution in [2.24, 2.45) is 11.3 Å². The number of benzene rings is 2. The van der Waals surface area contributed by atoms with Gasteiger partial charge in [-0.3, -0.25) is 14.4 Å². The molecule has 2 N–H and O–H groups in total. The standard InChI is InChI=1S/C24H29N3O4/c1-15-9-10-20(31-5)19(11-15)27-14-16(12-21(27)28)22(29)25-17-7-6-8-18(13-17)26-23(30)24(2,3)4/h6-11,13,16H,12,14H2,1-5H3,(H,25,29)(H,26,30). The summed E-state index contributed by atoms with van der Waals surface area (Å²) in [5.41, 5.74) is 2.33. The Morgan fingerprint density at radius 2 is 1.74 bits per heavy atom. The van der Waals surface area contributed by atoms with Crippen LogP contribution in [-0.2, 0) is 14.4 Å². The van der Waals surface area contributed by atoms with E-state index in [0.717, 1.165) is 5.56 Å². The highest BCUT2D eigenvalue weighted by Gasteiger charge is 2.36. The Hall–Kier alpha value is -3.35. The maximum Gasteiger partial charge on any atom is 0.229 e. The molecule has 0 saturated carbocycles. The van der Waals surface area contributed by atoms with Gasteiger partial charge in [-0.25, -0.2) is 0 Å². The number of nitrogens with zero attached hydrogens (tertiary/aromatic N) is 1. The minimum Gasteiger partial charge on any atom is -0.495 e. The summed E-state index contributed by atoms with van der Waals surface area (Å²) in [6.07, 6.45) is 0.128. The third-order valence-corrected chi connectivity index (χ3v) is 5.19. The molecule has 31 heavy (non-hydrogen) atoms. The van der Waals surface area contributed by atoms with Crippen molar-refractivity contribution in [2.45, 2.75) is 34.1 Å². The van der Waals surface area contributed by atoms with Crippen LogP contribution in [0.25, 0.3) is 0 Å². The minimum absolute atomic E-state index is 0.111. The Morgan fingerprint density at radius 1 is 1.06 bits per heavy atom. The predicted molar refractivity (Wildman–Crippen MR) is 121 cm³/mol. The number of carbonyl (C=O) groups excluding carboxylic acids is 3. The SMILES string of the molecule is COc1ccc(C)cc1N1CC(C(=O)Nc2cccc(NC(=O)C(C)(C)C)c2)CC1=O. The van der Waals surface area contributed by atoms with Gasteiger partial charge in [0.25, 0.3) is 0 Å². The Labute approximate surface area is 182 Å². The van der Waals surface area contributed by atoms with E-state index in [-0.39, 0.29) is 30.7 Å². The summed E-state index contributed by atoms with van der Waals surface area (Å²) in [5.74, 6) is -0.343. The van der Waals surface area contributed by atoms with Crippen molar-refractivity contribution in [3.63, 3.8) is 0 Å². The Kier molecular flexibility index (Phi) is 6.34. The van der Waals surface area contributed by atoms with Crippen LogP contribution in [0, 0.1) is 18.3 Å². The number of amides is 3. The smallest absolute Gasteiger partial charge is 0.229 e. The number of hydrogen-bond acceptors (Lipinski definition) is 4. The van der Waals surface area contributed by atoms with Crippen molar-refractivity contribution in [1.82, 2.24) is 0 Å². The van der Waals surface area contributed by atoms with E-state index in [0.29, 0.717) is 22.8 Å². The second kappa shape index (κ2) is 8.79. The molecule has 0 aliphatic carbocycles. The first-order valence-corrected chi connectivity index (χ1v) is 10.3. The van der Waals surface area contributed by atoms with Gasteiger partial charge >= 0.3 is 0 Å². The Bertz CT molecular complexity index is 1010. The number of methoxy groups -OCH3 is 1. The average Bonchev–Trinajstić information content (AvgIpc) is 3.09. The van der Waals surface area contributed by atoms with Crippen molar-refractivity contribution < 1.29 is 19.1 Å². The number of ether oxygens (including phenoxy) is 1.